The van der Waals surface area contributed by atoms with Gasteiger partial charge in [0.05, 0.1) is 0 Å². The van der Waals surface area contributed by atoms with E-state index >= 15 is 0 Å². The quantitative estimate of drug-likeness (QED) is 0.642. The van der Waals surface area contributed by atoms with Gasteiger partial charge in [-0.15, -0.1) is 0 Å². The Kier molecular flexibility index (Phi) is 2.17. The van der Waals surface area contributed by atoms with Crippen LogP contribution in [0.4, 0.5) is 0 Å². The van der Waals surface area contributed by atoms with Crippen LogP contribution in [0.5, 0.6) is 0 Å². The molecule has 0 unspecified atom stereocenters. The van der Waals surface area contributed by atoms with E-state index in [1.54, 1.807) is 13.2 Å². The molecular formula is C8H13NO2. The highest BCUT2D eigenvalue weighted by Gasteiger charge is 2.03. The fourth-order valence-corrected chi connectivity index (χ4v) is 0.976. The first kappa shape index (κ1) is 8.11. The maximum absolute atomic E-state index is 10.8. The van der Waals surface area contributed by atoms with Crippen molar-refractivity contribution < 1.29 is 4.42 Å². The average Bonchev–Trinajstić information content (AvgIpc) is 2.10. The summed E-state index contributed by atoms with van der Waals surface area (Å²) in [5, 5.41) is 0. The molecule has 0 aliphatic heterocycles. The molecule has 0 spiro atoms. The first-order chi connectivity index (χ1) is 5.09. The van der Waals surface area contributed by atoms with Gasteiger partial charge in [-0.05, 0) is 5.92 Å². The maximum atomic E-state index is 10.8. The third-order valence-corrected chi connectivity index (χ3v) is 1.45. The predicted molar refractivity (Wildman–Crippen MR) is 42.5 cm³/mol. The Hall–Kier alpha value is -0.990. The molecule has 3 heteroatoms. The van der Waals surface area contributed by atoms with Crippen LogP contribution >= 0.6 is 0 Å². The molecule has 0 fully saturated rings. The molecule has 11 heavy (non-hydrogen) atoms. The molecule has 0 amide bonds. The number of oxazole rings is 1. The average molecular weight is 155 g/mol. The second-order valence-corrected chi connectivity index (χ2v) is 3.17. The molecule has 1 rings (SSSR count). The molecule has 0 aliphatic carbocycles. The number of nitrogens with zero attached hydrogens (tertiary/aromatic N) is 1. The van der Waals surface area contributed by atoms with E-state index in [0.29, 0.717) is 5.92 Å². The summed E-state index contributed by atoms with van der Waals surface area (Å²) < 4.78 is 6.39. The molecule has 0 atom stereocenters. The van der Waals surface area contributed by atoms with Gasteiger partial charge in [0.1, 0.15) is 5.76 Å². The molecule has 62 valence electrons. The Morgan fingerprint density at radius 1 is 1.64 bits per heavy atom. The Labute approximate surface area is 65.6 Å². The van der Waals surface area contributed by atoms with Crippen LogP contribution in [0, 0.1) is 5.92 Å². The van der Waals surface area contributed by atoms with Gasteiger partial charge >= 0.3 is 5.76 Å². The summed E-state index contributed by atoms with van der Waals surface area (Å²) in [6.45, 7) is 4.18. The third-order valence-electron chi connectivity index (χ3n) is 1.45. The van der Waals surface area contributed by atoms with Crippen molar-refractivity contribution in [3.63, 3.8) is 0 Å². The third kappa shape index (κ3) is 1.97. The van der Waals surface area contributed by atoms with Crippen molar-refractivity contribution >= 4 is 0 Å². The molecule has 0 saturated carbocycles. The summed E-state index contributed by atoms with van der Waals surface area (Å²) in [7, 11) is 1.69. The highest BCUT2D eigenvalue weighted by molar-refractivity contribution is 4.91. The van der Waals surface area contributed by atoms with Gasteiger partial charge < -0.3 is 4.42 Å². The van der Waals surface area contributed by atoms with E-state index in [1.165, 1.54) is 4.57 Å². The molecule has 0 aromatic carbocycles. The van der Waals surface area contributed by atoms with Crippen LogP contribution in [0.1, 0.15) is 19.6 Å². The molecule has 1 aromatic heterocycles. The largest absolute Gasteiger partial charge is 0.418 e. The molecule has 0 N–H and O–H groups in total. The number of aromatic nitrogens is 1. The van der Waals surface area contributed by atoms with E-state index in [9.17, 15) is 4.79 Å². The van der Waals surface area contributed by atoms with Crippen LogP contribution in [0.3, 0.4) is 0 Å². The van der Waals surface area contributed by atoms with Crippen LogP contribution in [0.2, 0.25) is 0 Å². The fraction of sp³-hybridized carbons (Fsp3) is 0.625. The Bertz CT molecular complexity index is 283. The van der Waals surface area contributed by atoms with Crippen LogP contribution in [0.25, 0.3) is 0 Å². The van der Waals surface area contributed by atoms with Crippen LogP contribution in [0.15, 0.2) is 15.4 Å². The molecule has 0 bridgehead atoms. The van der Waals surface area contributed by atoms with E-state index in [4.69, 9.17) is 4.42 Å². The lowest BCUT2D eigenvalue weighted by Gasteiger charge is -1.97. The van der Waals surface area contributed by atoms with Crippen molar-refractivity contribution in [3.05, 3.63) is 22.5 Å². The van der Waals surface area contributed by atoms with E-state index in [0.717, 1.165) is 12.2 Å². The van der Waals surface area contributed by atoms with Crippen LogP contribution in [-0.2, 0) is 13.5 Å². The van der Waals surface area contributed by atoms with Gasteiger partial charge in [-0.3, -0.25) is 4.57 Å². The predicted octanol–water partition coefficient (Wildman–Crippen LogP) is 1.18. The van der Waals surface area contributed by atoms with Crippen molar-refractivity contribution in [2.75, 3.05) is 0 Å². The normalized spacial score (nSPS) is 10.9. The summed E-state index contributed by atoms with van der Waals surface area (Å²) >= 11 is 0. The van der Waals surface area contributed by atoms with E-state index < -0.39 is 0 Å². The molecule has 1 aromatic rings. The first-order valence-electron chi connectivity index (χ1n) is 3.75. The smallest absolute Gasteiger partial charge is 0.413 e. The van der Waals surface area contributed by atoms with Crippen molar-refractivity contribution in [2.24, 2.45) is 13.0 Å². The number of rotatable bonds is 2. The lowest BCUT2D eigenvalue weighted by molar-refractivity contribution is 0.433. The zero-order valence-corrected chi connectivity index (χ0v) is 7.13. The van der Waals surface area contributed by atoms with E-state index in [-0.39, 0.29) is 5.76 Å². The molecular weight excluding hydrogens is 142 g/mol. The summed E-state index contributed by atoms with van der Waals surface area (Å²) in [6, 6.07) is 0. The van der Waals surface area contributed by atoms with Crippen molar-refractivity contribution in [1.29, 1.82) is 0 Å². The van der Waals surface area contributed by atoms with Crippen molar-refractivity contribution in [2.45, 2.75) is 20.3 Å². The van der Waals surface area contributed by atoms with E-state index in [2.05, 4.69) is 13.8 Å². The van der Waals surface area contributed by atoms with Gasteiger partial charge in [-0.1, -0.05) is 13.8 Å². The second kappa shape index (κ2) is 2.95. The topological polar surface area (TPSA) is 35.1 Å². The van der Waals surface area contributed by atoms with E-state index in [1.807, 2.05) is 0 Å². The SMILES string of the molecule is CC(C)Cc1cn(C)c(=O)o1. The lowest BCUT2D eigenvalue weighted by Crippen LogP contribution is -2.07. The summed E-state index contributed by atoms with van der Waals surface area (Å²) in [4.78, 5) is 10.8. The number of hydrogen-bond acceptors (Lipinski definition) is 2. The summed E-state index contributed by atoms with van der Waals surface area (Å²) in [5.74, 6) is 1.02. The molecule has 0 radical (unpaired) electrons. The summed E-state index contributed by atoms with van der Waals surface area (Å²) in [5.41, 5.74) is 0. The minimum absolute atomic E-state index is 0.277. The van der Waals surface area contributed by atoms with Crippen molar-refractivity contribution in [3.8, 4) is 0 Å². The Morgan fingerprint density at radius 2 is 2.27 bits per heavy atom. The second-order valence-electron chi connectivity index (χ2n) is 3.17. The van der Waals surface area contributed by atoms with Gasteiger partial charge in [-0.2, -0.15) is 0 Å². The maximum Gasteiger partial charge on any atom is 0.418 e. The summed E-state index contributed by atoms with van der Waals surface area (Å²) in [6.07, 6.45) is 2.57. The molecule has 0 saturated heterocycles. The standard InChI is InChI=1S/C8H13NO2/c1-6(2)4-7-5-9(3)8(10)11-7/h5-6H,4H2,1-3H3. The van der Waals surface area contributed by atoms with Crippen LogP contribution in [-0.4, -0.2) is 4.57 Å². The molecule has 0 aliphatic rings. The zero-order valence-electron chi connectivity index (χ0n) is 7.13. The monoisotopic (exact) mass is 155 g/mol. The van der Waals surface area contributed by atoms with Crippen molar-refractivity contribution in [1.82, 2.24) is 4.57 Å². The van der Waals surface area contributed by atoms with Gasteiger partial charge in [0.2, 0.25) is 0 Å². The minimum Gasteiger partial charge on any atom is -0.413 e. The zero-order chi connectivity index (χ0) is 8.43. The van der Waals surface area contributed by atoms with Crippen LogP contribution < -0.4 is 5.76 Å². The molecule has 1 heterocycles. The number of hydrogen-bond donors (Lipinski definition) is 0. The molecule has 3 nitrogen and oxygen atoms in total. The van der Waals surface area contributed by atoms with Gasteiger partial charge in [0.15, 0.2) is 0 Å². The van der Waals surface area contributed by atoms with Gasteiger partial charge in [-0.25, -0.2) is 4.79 Å². The Morgan fingerprint density at radius 3 is 2.64 bits per heavy atom. The minimum atomic E-state index is -0.277. The number of aryl methyl sites for hydroxylation is 1. The van der Waals surface area contributed by atoms with Gasteiger partial charge in [0, 0.05) is 19.7 Å². The van der Waals surface area contributed by atoms with Gasteiger partial charge in [0.25, 0.3) is 0 Å². The highest BCUT2D eigenvalue weighted by Crippen LogP contribution is 2.04. The fourth-order valence-electron chi connectivity index (χ4n) is 0.976. The highest BCUT2D eigenvalue weighted by atomic mass is 16.4. The Balaban J connectivity index is 2.81. The lowest BCUT2D eigenvalue weighted by atomic mass is 10.1. The first-order valence-corrected chi connectivity index (χ1v) is 3.75.